The van der Waals surface area contributed by atoms with E-state index in [0.717, 1.165) is 12.0 Å². The molecule has 1 heterocycles. The third kappa shape index (κ3) is 3.10. The summed E-state index contributed by atoms with van der Waals surface area (Å²) >= 11 is 0. The molecule has 5 heteroatoms. The highest BCUT2D eigenvalue weighted by Crippen LogP contribution is 2.18. The number of hydrogen-bond donors (Lipinski definition) is 1. The van der Waals surface area contributed by atoms with E-state index in [4.69, 9.17) is 5.26 Å². The maximum Gasteiger partial charge on any atom is 0.254 e. The lowest BCUT2D eigenvalue weighted by Crippen LogP contribution is -2.44. The van der Waals surface area contributed by atoms with Crippen molar-refractivity contribution in [1.82, 2.24) is 10.2 Å². The van der Waals surface area contributed by atoms with Crippen LogP contribution < -0.4 is 5.32 Å². The SMILES string of the molecule is N#CCCNC(=O)CN1CCc2ccccc2C1=O. The lowest BCUT2D eigenvalue weighted by molar-refractivity contribution is -0.121. The second-order valence-corrected chi connectivity index (χ2v) is 4.39. The van der Waals surface area contributed by atoms with Crippen molar-refractivity contribution >= 4 is 11.8 Å². The molecule has 0 fully saturated rings. The van der Waals surface area contributed by atoms with Gasteiger partial charge in [-0.15, -0.1) is 0 Å². The van der Waals surface area contributed by atoms with E-state index < -0.39 is 0 Å². The zero-order chi connectivity index (χ0) is 13.7. The summed E-state index contributed by atoms with van der Waals surface area (Å²) in [5.41, 5.74) is 1.72. The number of nitrogens with one attached hydrogen (secondary N) is 1. The Balaban J connectivity index is 1.95. The van der Waals surface area contributed by atoms with Crippen molar-refractivity contribution in [3.8, 4) is 6.07 Å². The van der Waals surface area contributed by atoms with Gasteiger partial charge in [0.1, 0.15) is 0 Å². The van der Waals surface area contributed by atoms with Gasteiger partial charge in [-0.3, -0.25) is 9.59 Å². The molecule has 2 rings (SSSR count). The van der Waals surface area contributed by atoms with E-state index in [2.05, 4.69) is 5.32 Å². The second kappa shape index (κ2) is 6.01. The number of amides is 2. The maximum atomic E-state index is 12.2. The zero-order valence-electron chi connectivity index (χ0n) is 10.6. The molecule has 0 aromatic heterocycles. The quantitative estimate of drug-likeness (QED) is 0.807. The molecule has 0 radical (unpaired) electrons. The molecule has 19 heavy (non-hydrogen) atoms. The van der Waals surface area contributed by atoms with Gasteiger partial charge >= 0.3 is 0 Å². The summed E-state index contributed by atoms with van der Waals surface area (Å²) < 4.78 is 0. The topological polar surface area (TPSA) is 73.2 Å². The molecule has 0 spiro atoms. The molecule has 98 valence electrons. The van der Waals surface area contributed by atoms with Crippen LogP contribution in [0.3, 0.4) is 0 Å². The maximum absolute atomic E-state index is 12.2. The molecule has 1 N–H and O–H groups in total. The molecular formula is C14H15N3O2. The van der Waals surface area contributed by atoms with Crippen LogP contribution in [0.1, 0.15) is 22.3 Å². The van der Waals surface area contributed by atoms with Gasteiger partial charge < -0.3 is 10.2 Å². The Morgan fingerprint density at radius 2 is 2.21 bits per heavy atom. The average Bonchev–Trinajstić information content (AvgIpc) is 2.43. The largest absolute Gasteiger partial charge is 0.354 e. The Bertz CT molecular complexity index is 534. The molecule has 0 aliphatic carbocycles. The first kappa shape index (κ1) is 13.1. The summed E-state index contributed by atoms with van der Waals surface area (Å²) in [7, 11) is 0. The van der Waals surface area contributed by atoms with Gasteiger partial charge in [-0.05, 0) is 18.1 Å². The van der Waals surface area contributed by atoms with Crippen LogP contribution in [0, 0.1) is 11.3 Å². The van der Waals surface area contributed by atoms with Crippen molar-refractivity contribution in [3.63, 3.8) is 0 Å². The Kier molecular flexibility index (Phi) is 4.14. The van der Waals surface area contributed by atoms with Gasteiger partial charge in [0.25, 0.3) is 5.91 Å². The first-order chi connectivity index (χ1) is 9.22. The van der Waals surface area contributed by atoms with Crippen LogP contribution in [-0.4, -0.2) is 36.3 Å². The highest BCUT2D eigenvalue weighted by atomic mass is 16.2. The van der Waals surface area contributed by atoms with Gasteiger partial charge in [-0.25, -0.2) is 0 Å². The third-order valence-corrected chi connectivity index (χ3v) is 3.08. The van der Waals surface area contributed by atoms with E-state index in [1.54, 1.807) is 11.0 Å². The summed E-state index contributed by atoms with van der Waals surface area (Å²) in [6.45, 7) is 0.939. The van der Waals surface area contributed by atoms with E-state index in [1.807, 2.05) is 24.3 Å². The van der Waals surface area contributed by atoms with Crippen LogP contribution in [0.2, 0.25) is 0 Å². The molecule has 0 bridgehead atoms. The summed E-state index contributed by atoms with van der Waals surface area (Å²) in [5.74, 6) is -0.319. The van der Waals surface area contributed by atoms with Crippen LogP contribution in [0.5, 0.6) is 0 Å². The van der Waals surface area contributed by atoms with Gasteiger partial charge in [0.2, 0.25) is 5.91 Å². The van der Waals surface area contributed by atoms with Crippen LogP contribution in [0.25, 0.3) is 0 Å². The minimum absolute atomic E-state index is 0.0542. The Morgan fingerprint density at radius 1 is 1.42 bits per heavy atom. The fourth-order valence-corrected chi connectivity index (χ4v) is 2.11. The fourth-order valence-electron chi connectivity index (χ4n) is 2.11. The Hall–Kier alpha value is -2.35. The number of nitrogens with zero attached hydrogens (tertiary/aromatic N) is 2. The number of nitriles is 1. The summed E-state index contributed by atoms with van der Waals surface area (Å²) in [4.78, 5) is 25.4. The summed E-state index contributed by atoms with van der Waals surface area (Å²) in [5, 5.41) is 11.0. The molecule has 1 aromatic rings. The number of rotatable bonds is 4. The molecule has 1 aromatic carbocycles. The monoisotopic (exact) mass is 257 g/mol. The van der Waals surface area contributed by atoms with Crippen molar-refractivity contribution in [1.29, 1.82) is 5.26 Å². The summed E-state index contributed by atoms with van der Waals surface area (Å²) in [6, 6.07) is 9.42. The Morgan fingerprint density at radius 3 is 3.00 bits per heavy atom. The van der Waals surface area contributed by atoms with E-state index >= 15 is 0 Å². The normalized spacial score (nSPS) is 13.6. The second-order valence-electron chi connectivity index (χ2n) is 4.39. The van der Waals surface area contributed by atoms with Gasteiger partial charge in [-0.2, -0.15) is 5.26 Å². The first-order valence-corrected chi connectivity index (χ1v) is 6.23. The minimum Gasteiger partial charge on any atom is -0.354 e. The van der Waals surface area contributed by atoms with Gasteiger partial charge in [0.15, 0.2) is 0 Å². The average molecular weight is 257 g/mol. The van der Waals surface area contributed by atoms with Gasteiger partial charge in [0.05, 0.1) is 19.0 Å². The van der Waals surface area contributed by atoms with E-state index in [0.29, 0.717) is 18.7 Å². The van der Waals surface area contributed by atoms with E-state index in [9.17, 15) is 9.59 Å². The number of benzene rings is 1. The molecule has 1 aliphatic heterocycles. The molecule has 0 saturated carbocycles. The van der Waals surface area contributed by atoms with Crippen molar-refractivity contribution in [2.45, 2.75) is 12.8 Å². The first-order valence-electron chi connectivity index (χ1n) is 6.23. The molecule has 0 saturated heterocycles. The molecule has 0 atom stereocenters. The lowest BCUT2D eigenvalue weighted by Gasteiger charge is -2.27. The molecule has 0 unspecified atom stereocenters. The number of hydrogen-bond acceptors (Lipinski definition) is 3. The summed E-state index contributed by atoms with van der Waals surface area (Å²) in [6.07, 6.45) is 1.05. The van der Waals surface area contributed by atoms with Crippen LogP contribution in [-0.2, 0) is 11.2 Å². The standard InChI is InChI=1S/C14H15N3O2/c15-7-3-8-16-13(18)10-17-9-6-11-4-1-2-5-12(11)14(17)19/h1-2,4-5H,3,6,8-10H2,(H,16,18). The smallest absolute Gasteiger partial charge is 0.254 e. The van der Waals surface area contributed by atoms with Crippen molar-refractivity contribution in [2.75, 3.05) is 19.6 Å². The molecular weight excluding hydrogens is 242 g/mol. The minimum atomic E-state index is -0.219. The predicted octanol–water partition coefficient (Wildman–Crippen LogP) is 0.715. The van der Waals surface area contributed by atoms with E-state index in [1.165, 1.54) is 0 Å². The highest BCUT2D eigenvalue weighted by molar-refractivity contribution is 5.98. The van der Waals surface area contributed by atoms with Gasteiger partial charge in [-0.1, -0.05) is 18.2 Å². The number of carbonyl (C=O) groups excluding carboxylic acids is 2. The van der Waals surface area contributed by atoms with Crippen molar-refractivity contribution in [3.05, 3.63) is 35.4 Å². The van der Waals surface area contributed by atoms with E-state index in [-0.39, 0.29) is 24.8 Å². The van der Waals surface area contributed by atoms with Crippen LogP contribution in [0.4, 0.5) is 0 Å². The van der Waals surface area contributed by atoms with Crippen molar-refractivity contribution in [2.24, 2.45) is 0 Å². The lowest BCUT2D eigenvalue weighted by atomic mass is 9.99. The predicted molar refractivity (Wildman–Crippen MR) is 69.3 cm³/mol. The number of carbonyl (C=O) groups is 2. The van der Waals surface area contributed by atoms with Crippen LogP contribution in [0.15, 0.2) is 24.3 Å². The van der Waals surface area contributed by atoms with Crippen LogP contribution >= 0.6 is 0 Å². The molecule has 2 amide bonds. The zero-order valence-corrected chi connectivity index (χ0v) is 10.6. The number of fused-ring (bicyclic) bond motifs is 1. The van der Waals surface area contributed by atoms with Gasteiger partial charge in [0, 0.05) is 18.7 Å². The third-order valence-electron chi connectivity index (χ3n) is 3.08. The Labute approximate surface area is 111 Å². The molecule has 5 nitrogen and oxygen atoms in total. The fraction of sp³-hybridized carbons (Fsp3) is 0.357. The highest BCUT2D eigenvalue weighted by Gasteiger charge is 2.25. The molecule has 1 aliphatic rings. The van der Waals surface area contributed by atoms with Crippen molar-refractivity contribution < 1.29 is 9.59 Å².